The minimum atomic E-state index is 0.421. The van der Waals surface area contributed by atoms with E-state index >= 15 is 0 Å². The van der Waals surface area contributed by atoms with Gasteiger partial charge in [0.15, 0.2) is 5.82 Å². The Hall–Kier alpha value is -4.21. The zero-order valence-electron chi connectivity index (χ0n) is 18.4. The molecular weight excluding hydrogens is 444 g/mol. The molecule has 5 aromatic rings. The molecule has 1 aliphatic rings. The molecule has 34 heavy (non-hydrogen) atoms. The van der Waals surface area contributed by atoms with Gasteiger partial charge in [0, 0.05) is 21.7 Å². The van der Waals surface area contributed by atoms with Gasteiger partial charge in [-0.2, -0.15) is 0 Å². The molecule has 0 fully saturated rings. The first-order valence-corrected chi connectivity index (χ1v) is 11.3. The highest BCUT2D eigenvalue weighted by Crippen LogP contribution is 2.29. The summed E-state index contributed by atoms with van der Waals surface area (Å²) in [7, 11) is 0. The van der Waals surface area contributed by atoms with Crippen LogP contribution in [-0.2, 0) is 13.1 Å². The monoisotopic (exact) mass is 462 g/mol. The number of rotatable bonds is 2. The van der Waals surface area contributed by atoms with Gasteiger partial charge in [-0.1, -0.05) is 53.8 Å². The number of aliphatic imine (C=N–C) groups is 1. The van der Waals surface area contributed by atoms with E-state index in [1.807, 2.05) is 61.8 Å². The molecule has 2 aromatic heterocycles. The van der Waals surface area contributed by atoms with Crippen molar-refractivity contribution in [1.29, 1.82) is 0 Å². The average Bonchev–Trinajstić information content (AvgIpc) is 3.39. The minimum absolute atomic E-state index is 0.421. The van der Waals surface area contributed by atoms with Crippen LogP contribution in [0.2, 0.25) is 5.02 Å². The first-order valence-electron chi connectivity index (χ1n) is 10.9. The van der Waals surface area contributed by atoms with E-state index in [1.165, 1.54) is 0 Å². The molecule has 0 saturated carbocycles. The molecule has 0 bridgehead atoms. The average molecular weight is 463 g/mol. The highest BCUT2D eigenvalue weighted by atomic mass is 35.5. The van der Waals surface area contributed by atoms with E-state index in [0.29, 0.717) is 18.1 Å². The Morgan fingerprint density at radius 3 is 2.74 bits per heavy atom. The van der Waals surface area contributed by atoms with Gasteiger partial charge in [0.2, 0.25) is 0 Å². The topological polar surface area (TPSA) is 60.9 Å². The molecule has 6 nitrogen and oxygen atoms in total. The third-order valence-corrected chi connectivity index (χ3v) is 6.23. The van der Waals surface area contributed by atoms with Crippen LogP contribution >= 0.6 is 11.6 Å². The van der Waals surface area contributed by atoms with Crippen molar-refractivity contribution in [3.8, 4) is 17.5 Å². The maximum atomic E-state index is 6.57. The third kappa shape index (κ3) is 3.47. The van der Waals surface area contributed by atoms with Gasteiger partial charge in [-0.25, -0.2) is 4.98 Å². The number of halogens is 1. The van der Waals surface area contributed by atoms with Gasteiger partial charge < -0.3 is 4.57 Å². The fourth-order valence-corrected chi connectivity index (χ4v) is 4.53. The molecule has 0 atom stereocenters. The van der Waals surface area contributed by atoms with Crippen LogP contribution in [0, 0.1) is 18.8 Å². The van der Waals surface area contributed by atoms with Gasteiger partial charge in [-0.3, -0.25) is 9.56 Å². The van der Waals surface area contributed by atoms with Gasteiger partial charge in [0.25, 0.3) is 0 Å². The number of imidazole rings is 1. The van der Waals surface area contributed by atoms with Crippen LogP contribution in [0.3, 0.4) is 0 Å². The van der Waals surface area contributed by atoms with E-state index in [1.54, 1.807) is 0 Å². The summed E-state index contributed by atoms with van der Waals surface area (Å²) in [6.45, 7) is 2.92. The molecule has 0 spiro atoms. The smallest absolute Gasteiger partial charge is 0.159 e. The Morgan fingerprint density at radius 1 is 0.971 bits per heavy atom. The van der Waals surface area contributed by atoms with Crippen molar-refractivity contribution in [3.63, 3.8) is 0 Å². The summed E-state index contributed by atoms with van der Waals surface area (Å²) in [5.74, 6) is 8.21. The number of aromatic nitrogens is 5. The Bertz CT molecular complexity index is 1650. The molecule has 3 aromatic carbocycles. The van der Waals surface area contributed by atoms with Gasteiger partial charge in [0.05, 0.1) is 35.3 Å². The molecule has 164 valence electrons. The predicted octanol–water partition coefficient (Wildman–Crippen LogP) is 4.98. The van der Waals surface area contributed by atoms with Crippen molar-refractivity contribution in [3.05, 3.63) is 106 Å². The summed E-state index contributed by atoms with van der Waals surface area (Å²) in [6.07, 6.45) is 1.83. The summed E-state index contributed by atoms with van der Waals surface area (Å²) in [4.78, 5) is 9.34. The number of para-hydroxylation sites is 2. The molecule has 0 amide bonds. The van der Waals surface area contributed by atoms with E-state index in [4.69, 9.17) is 16.6 Å². The van der Waals surface area contributed by atoms with Crippen molar-refractivity contribution in [2.75, 3.05) is 0 Å². The zero-order chi connectivity index (χ0) is 23.1. The second-order valence-electron chi connectivity index (χ2n) is 8.04. The molecule has 0 unspecified atom stereocenters. The van der Waals surface area contributed by atoms with Gasteiger partial charge in [-0.05, 0) is 43.3 Å². The molecule has 0 radical (unpaired) electrons. The summed E-state index contributed by atoms with van der Waals surface area (Å²) >= 11 is 6.57. The predicted molar refractivity (Wildman–Crippen MR) is 134 cm³/mol. The van der Waals surface area contributed by atoms with Gasteiger partial charge in [0.1, 0.15) is 12.4 Å². The molecule has 3 heterocycles. The lowest BCUT2D eigenvalue weighted by atomic mass is 9.98. The molecular formula is C27H19ClN6. The van der Waals surface area contributed by atoms with E-state index in [2.05, 4.69) is 54.4 Å². The summed E-state index contributed by atoms with van der Waals surface area (Å²) in [5.41, 5.74) is 6.58. The largest absolute Gasteiger partial charge is 0.319 e. The van der Waals surface area contributed by atoms with Crippen molar-refractivity contribution in [2.45, 2.75) is 20.0 Å². The molecule has 0 N–H and O–H groups in total. The maximum Gasteiger partial charge on any atom is 0.159 e. The fourth-order valence-electron chi connectivity index (χ4n) is 4.30. The number of benzene rings is 3. The number of hydrogen-bond acceptors (Lipinski definition) is 4. The molecule has 6 rings (SSSR count). The standard InChI is InChI=1S/C27H19ClN6/c1-18-31-32-26-16-29-27(20-8-2-3-9-22(20)28)21-15-19(12-13-24(21)34(18)26)7-6-14-33-17-30-23-10-4-5-11-25(23)33/h2-5,8-13,15,17H,14,16H2,1H3. The first kappa shape index (κ1) is 20.4. The van der Waals surface area contributed by atoms with Crippen molar-refractivity contribution >= 4 is 28.3 Å². The van der Waals surface area contributed by atoms with Crippen LogP contribution in [0.4, 0.5) is 0 Å². The van der Waals surface area contributed by atoms with Gasteiger partial charge >= 0.3 is 0 Å². The highest BCUT2D eigenvalue weighted by molar-refractivity contribution is 6.35. The minimum Gasteiger partial charge on any atom is -0.319 e. The molecule has 0 saturated heterocycles. The fraction of sp³-hybridized carbons (Fsp3) is 0.111. The zero-order valence-corrected chi connectivity index (χ0v) is 19.2. The first-order chi connectivity index (χ1) is 16.7. The summed E-state index contributed by atoms with van der Waals surface area (Å²) < 4.78 is 4.10. The number of fused-ring (bicyclic) bond motifs is 4. The Balaban J connectivity index is 1.43. The Kier molecular flexibility index (Phi) is 4.97. The number of nitrogens with zero attached hydrogens (tertiary/aromatic N) is 6. The lowest BCUT2D eigenvalue weighted by molar-refractivity contribution is 0.861. The lowest BCUT2D eigenvalue weighted by Crippen LogP contribution is -2.09. The van der Waals surface area contributed by atoms with Crippen LogP contribution in [-0.4, -0.2) is 30.0 Å². The van der Waals surface area contributed by atoms with Crippen molar-refractivity contribution in [2.24, 2.45) is 4.99 Å². The third-order valence-electron chi connectivity index (χ3n) is 5.90. The number of hydrogen-bond donors (Lipinski definition) is 0. The molecule has 0 aliphatic carbocycles. The van der Waals surface area contributed by atoms with Crippen LogP contribution in [0.25, 0.3) is 16.7 Å². The van der Waals surface area contributed by atoms with Crippen LogP contribution in [0.5, 0.6) is 0 Å². The van der Waals surface area contributed by atoms with Crippen LogP contribution in [0.1, 0.15) is 28.3 Å². The van der Waals surface area contributed by atoms with E-state index in [9.17, 15) is 0 Å². The van der Waals surface area contributed by atoms with Crippen molar-refractivity contribution in [1.82, 2.24) is 24.3 Å². The van der Waals surface area contributed by atoms with E-state index < -0.39 is 0 Å². The second-order valence-corrected chi connectivity index (χ2v) is 8.45. The van der Waals surface area contributed by atoms with E-state index in [0.717, 1.165) is 50.8 Å². The highest BCUT2D eigenvalue weighted by Gasteiger charge is 2.22. The van der Waals surface area contributed by atoms with Crippen molar-refractivity contribution < 1.29 is 0 Å². The van der Waals surface area contributed by atoms with Crippen LogP contribution < -0.4 is 0 Å². The lowest BCUT2D eigenvalue weighted by Gasteiger charge is -2.14. The summed E-state index contributed by atoms with van der Waals surface area (Å²) in [5, 5.41) is 9.25. The normalized spacial score (nSPS) is 12.4. The molecule has 7 heteroatoms. The van der Waals surface area contributed by atoms with Crippen LogP contribution in [0.15, 0.2) is 78.0 Å². The SMILES string of the molecule is Cc1nnc2n1-c1ccc(C#CCn3cnc4ccccc43)cc1C(c1ccccc1Cl)=NC2. The van der Waals surface area contributed by atoms with E-state index in [-0.39, 0.29) is 0 Å². The maximum absolute atomic E-state index is 6.57. The second kappa shape index (κ2) is 8.29. The summed E-state index contributed by atoms with van der Waals surface area (Å²) in [6, 6.07) is 22.0. The quantitative estimate of drug-likeness (QED) is 0.347. The Morgan fingerprint density at radius 2 is 1.82 bits per heavy atom. The number of aryl methyl sites for hydroxylation is 1. The van der Waals surface area contributed by atoms with Gasteiger partial charge in [-0.15, -0.1) is 10.2 Å². The molecule has 1 aliphatic heterocycles. The Labute approximate surface area is 201 Å².